The Morgan fingerprint density at radius 3 is 2.76 bits per heavy atom. The van der Waals surface area contributed by atoms with Crippen molar-refractivity contribution in [3.63, 3.8) is 0 Å². The van der Waals surface area contributed by atoms with Crippen LogP contribution in [0.2, 0.25) is 0 Å². The quantitative estimate of drug-likeness (QED) is 0.914. The second kappa shape index (κ2) is 6.73. The Morgan fingerprint density at radius 2 is 2.10 bits per heavy atom. The number of nitrogens with zero attached hydrogens (tertiary/aromatic N) is 2. The maximum atomic E-state index is 9.14. The molecule has 1 aromatic carbocycles. The average Bonchev–Trinajstić information content (AvgIpc) is 2.48. The molecule has 2 aromatic rings. The number of aryl methyl sites for hydroxylation is 1. The fourth-order valence-electron chi connectivity index (χ4n) is 2.00. The summed E-state index contributed by atoms with van der Waals surface area (Å²) >= 11 is 0. The van der Waals surface area contributed by atoms with Gasteiger partial charge in [-0.1, -0.05) is 12.1 Å². The van der Waals surface area contributed by atoms with Gasteiger partial charge in [0, 0.05) is 17.8 Å². The number of benzene rings is 1. The van der Waals surface area contributed by atoms with Gasteiger partial charge in [0.2, 0.25) is 5.88 Å². The zero-order valence-electron chi connectivity index (χ0n) is 12.3. The normalized spacial score (nSPS) is 10.0. The molecule has 21 heavy (non-hydrogen) atoms. The Hall–Kier alpha value is -2.58. The molecule has 1 N–H and O–H groups in total. The van der Waals surface area contributed by atoms with Crippen molar-refractivity contribution in [1.29, 1.82) is 5.26 Å². The van der Waals surface area contributed by atoms with Crippen molar-refractivity contribution in [2.24, 2.45) is 0 Å². The predicted octanol–water partition coefficient (Wildman–Crippen LogP) is 2.78. The third-order valence-corrected chi connectivity index (χ3v) is 2.96. The maximum Gasteiger partial charge on any atom is 0.237 e. The van der Waals surface area contributed by atoms with E-state index < -0.39 is 0 Å². The lowest BCUT2D eigenvalue weighted by molar-refractivity contribution is 0.368. The topological polar surface area (TPSA) is 67.2 Å². The van der Waals surface area contributed by atoms with E-state index in [1.807, 2.05) is 26.1 Å². The van der Waals surface area contributed by atoms with E-state index in [0.29, 0.717) is 23.6 Å². The van der Waals surface area contributed by atoms with E-state index in [4.69, 9.17) is 14.7 Å². The number of hydrogen-bond donors (Lipinski definition) is 1. The molecular formula is C16H17N3O2. The number of hydrogen-bond acceptors (Lipinski definition) is 5. The monoisotopic (exact) mass is 283 g/mol. The lowest BCUT2D eigenvalue weighted by Crippen LogP contribution is -2.07. The van der Waals surface area contributed by atoms with Crippen molar-refractivity contribution in [2.75, 3.05) is 14.2 Å². The SMILES string of the molecule is CNCc1cccc(Oc2nc(C)ccc2C#N)c1OC. The van der Waals surface area contributed by atoms with E-state index in [9.17, 15) is 0 Å². The molecule has 0 bridgehead atoms. The summed E-state index contributed by atoms with van der Waals surface area (Å²) in [5, 5.41) is 12.2. The van der Waals surface area contributed by atoms with Crippen LogP contribution in [-0.2, 0) is 6.54 Å². The van der Waals surface area contributed by atoms with Crippen molar-refractivity contribution < 1.29 is 9.47 Å². The lowest BCUT2D eigenvalue weighted by Gasteiger charge is -2.14. The Balaban J connectivity index is 2.42. The highest BCUT2D eigenvalue weighted by Crippen LogP contribution is 2.34. The molecule has 0 unspecified atom stereocenters. The Labute approximate surface area is 124 Å². The van der Waals surface area contributed by atoms with Crippen LogP contribution >= 0.6 is 0 Å². The van der Waals surface area contributed by atoms with Gasteiger partial charge < -0.3 is 14.8 Å². The molecule has 1 aromatic heterocycles. The van der Waals surface area contributed by atoms with Crippen LogP contribution in [0.15, 0.2) is 30.3 Å². The van der Waals surface area contributed by atoms with E-state index in [1.54, 1.807) is 25.3 Å². The summed E-state index contributed by atoms with van der Waals surface area (Å²) in [6.07, 6.45) is 0. The summed E-state index contributed by atoms with van der Waals surface area (Å²) < 4.78 is 11.2. The molecule has 2 rings (SSSR count). The molecule has 5 heteroatoms. The average molecular weight is 283 g/mol. The summed E-state index contributed by atoms with van der Waals surface area (Å²) in [6.45, 7) is 2.51. The third kappa shape index (κ3) is 3.30. The van der Waals surface area contributed by atoms with E-state index >= 15 is 0 Å². The lowest BCUT2D eigenvalue weighted by atomic mass is 10.2. The van der Waals surface area contributed by atoms with Crippen LogP contribution < -0.4 is 14.8 Å². The maximum absolute atomic E-state index is 9.14. The van der Waals surface area contributed by atoms with Crippen molar-refractivity contribution in [3.8, 4) is 23.4 Å². The zero-order valence-corrected chi connectivity index (χ0v) is 12.3. The fraction of sp³-hybridized carbons (Fsp3) is 0.250. The standard InChI is InChI=1S/C16H17N3O2/c1-11-7-8-12(9-17)16(19-11)21-14-6-4-5-13(10-18-2)15(14)20-3/h4-8,18H,10H2,1-3H3. The molecule has 0 aliphatic rings. The molecule has 0 aliphatic heterocycles. The number of rotatable bonds is 5. The van der Waals surface area contributed by atoms with Gasteiger partial charge >= 0.3 is 0 Å². The van der Waals surface area contributed by atoms with Gasteiger partial charge in [-0.05, 0) is 32.2 Å². The number of pyridine rings is 1. The smallest absolute Gasteiger partial charge is 0.237 e. The van der Waals surface area contributed by atoms with Crippen LogP contribution in [0.1, 0.15) is 16.8 Å². The van der Waals surface area contributed by atoms with Gasteiger partial charge in [-0.3, -0.25) is 0 Å². The largest absolute Gasteiger partial charge is 0.492 e. The second-order valence-corrected chi connectivity index (χ2v) is 4.50. The van der Waals surface area contributed by atoms with Gasteiger partial charge in [0.25, 0.3) is 0 Å². The molecule has 0 aliphatic carbocycles. The predicted molar refractivity (Wildman–Crippen MR) is 79.5 cm³/mol. The summed E-state index contributed by atoms with van der Waals surface area (Å²) in [6, 6.07) is 11.2. The van der Waals surface area contributed by atoms with Crippen molar-refractivity contribution >= 4 is 0 Å². The number of nitrogens with one attached hydrogen (secondary N) is 1. The highest BCUT2D eigenvalue weighted by Gasteiger charge is 2.13. The van der Waals surface area contributed by atoms with Crippen molar-refractivity contribution in [1.82, 2.24) is 10.3 Å². The summed E-state index contributed by atoms with van der Waals surface area (Å²) in [4.78, 5) is 4.27. The molecule has 0 amide bonds. The molecule has 0 radical (unpaired) electrons. The van der Waals surface area contributed by atoms with Gasteiger partial charge in [-0.15, -0.1) is 0 Å². The van der Waals surface area contributed by atoms with E-state index in [2.05, 4.69) is 16.4 Å². The van der Waals surface area contributed by atoms with Crippen LogP contribution in [0.4, 0.5) is 0 Å². The first kappa shape index (κ1) is 14.8. The molecule has 1 heterocycles. The van der Waals surface area contributed by atoms with Crippen LogP contribution in [0.25, 0.3) is 0 Å². The number of nitriles is 1. The third-order valence-electron chi connectivity index (χ3n) is 2.96. The number of ether oxygens (including phenoxy) is 2. The van der Waals surface area contributed by atoms with Gasteiger partial charge in [-0.2, -0.15) is 5.26 Å². The van der Waals surface area contributed by atoms with E-state index in [-0.39, 0.29) is 5.88 Å². The van der Waals surface area contributed by atoms with E-state index in [1.165, 1.54) is 0 Å². The van der Waals surface area contributed by atoms with Gasteiger partial charge in [0.1, 0.15) is 11.6 Å². The van der Waals surface area contributed by atoms with E-state index in [0.717, 1.165) is 11.3 Å². The molecule has 0 saturated heterocycles. The molecule has 0 saturated carbocycles. The van der Waals surface area contributed by atoms with Crippen LogP contribution in [-0.4, -0.2) is 19.1 Å². The van der Waals surface area contributed by atoms with Gasteiger partial charge in [-0.25, -0.2) is 4.98 Å². The Morgan fingerprint density at radius 1 is 1.29 bits per heavy atom. The molecule has 0 spiro atoms. The highest BCUT2D eigenvalue weighted by molar-refractivity contribution is 5.50. The first-order chi connectivity index (χ1) is 10.2. The first-order valence-corrected chi connectivity index (χ1v) is 6.55. The van der Waals surface area contributed by atoms with Crippen molar-refractivity contribution in [3.05, 3.63) is 47.2 Å². The highest BCUT2D eigenvalue weighted by atomic mass is 16.5. The molecule has 108 valence electrons. The van der Waals surface area contributed by atoms with Gasteiger partial charge in [0.15, 0.2) is 11.5 Å². The van der Waals surface area contributed by atoms with Crippen LogP contribution in [0, 0.1) is 18.3 Å². The first-order valence-electron chi connectivity index (χ1n) is 6.55. The summed E-state index contributed by atoms with van der Waals surface area (Å²) in [7, 11) is 3.46. The fourth-order valence-corrected chi connectivity index (χ4v) is 2.00. The van der Waals surface area contributed by atoms with Crippen LogP contribution in [0.5, 0.6) is 17.4 Å². The summed E-state index contributed by atoms with van der Waals surface area (Å²) in [5.74, 6) is 1.47. The van der Waals surface area contributed by atoms with Crippen LogP contribution in [0.3, 0.4) is 0 Å². The number of para-hydroxylation sites is 1. The zero-order chi connectivity index (χ0) is 15.2. The minimum Gasteiger partial charge on any atom is -0.492 e. The minimum absolute atomic E-state index is 0.289. The Bertz CT molecular complexity index is 678. The molecule has 5 nitrogen and oxygen atoms in total. The molecular weight excluding hydrogens is 266 g/mol. The number of methoxy groups -OCH3 is 1. The Kier molecular flexibility index (Phi) is 4.75. The second-order valence-electron chi connectivity index (χ2n) is 4.50. The van der Waals surface area contributed by atoms with Crippen molar-refractivity contribution in [2.45, 2.75) is 13.5 Å². The minimum atomic E-state index is 0.289. The molecule has 0 atom stereocenters. The van der Waals surface area contributed by atoms with Gasteiger partial charge in [0.05, 0.1) is 7.11 Å². The summed E-state index contributed by atoms with van der Waals surface area (Å²) in [5.41, 5.74) is 2.15. The molecule has 0 fully saturated rings. The number of aromatic nitrogens is 1.